The molecule has 1 amide bonds. The van der Waals surface area contributed by atoms with Crippen molar-refractivity contribution in [2.75, 3.05) is 13.7 Å². The normalized spacial score (nSPS) is 12.1. The minimum absolute atomic E-state index is 0.135. The Morgan fingerprint density at radius 3 is 2.58 bits per heavy atom. The van der Waals surface area contributed by atoms with Gasteiger partial charge in [0.1, 0.15) is 0 Å². The Morgan fingerprint density at radius 1 is 1.12 bits per heavy atom. The summed E-state index contributed by atoms with van der Waals surface area (Å²) in [6, 6.07) is 19.5. The molecule has 3 rings (SSSR count). The number of nitrogens with zero attached hydrogens (tertiary/aromatic N) is 1. The Morgan fingerprint density at radius 2 is 1.83 bits per heavy atom. The second-order valence-corrected chi connectivity index (χ2v) is 5.66. The van der Waals surface area contributed by atoms with Crippen molar-refractivity contribution in [2.45, 2.75) is 13.0 Å². The standard InChI is InChI=1S/C20H20N2O2/c1-14-17(12-16-10-6-7-11-18(16)22-14)20(23)21-13-19(24-2)15-8-4-3-5-9-15/h3-12,19H,13H2,1-2H3,(H,21,23). The molecule has 4 nitrogen and oxygen atoms in total. The lowest BCUT2D eigenvalue weighted by atomic mass is 10.1. The number of para-hydroxylation sites is 1. The molecule has 0 fully saturated rings. The van der Waals surface area contributed by atoms with Crippen molar-refractivity contribution in [3.8, 4) is 0 Å². The van der Waals surface area contributed by atoms with Gasteiger partial charge >= 0.3 is 0 Å². The van der Waals surface area contributed by atoms with Crippen molar-refractivity contribution in [3.05, 3.63) is 77.5 Å². The number of rotatable bonds is 5. The van der Waals surface area contributed by atoms with E-state index >= 15 is 0 Å². The van der Waals surface area contributed by atoms with Gasteiger partial charge in [-0.05, 0) is 24.6 Å². The van der Waals surface area contributed by atoms with Crippen molar-refractivity contribution < 1.29 is 9.53 Å². The largest absolute Gasteiger partial charge is 0.375 e. The molecular formula is C20H20N2O2. The summed E-state index contributed by atoms with van der Waals surface area (Å²) in [6.07, 6.45) is -0.177. The van der Waals surface area contributed by atoms with Crippen LogP contribution in [0.4, 0.5) is 0 Å². The number of carbonyl (C=O) groups is 1. The molecule has 24 heavy (non-hydrogen) atoms. The lowest BCUT2D eigenvalue weighted by Crippen LogP contribution is -2.29. The third-order valence-corrected chi connectivity index (χ3v) is 4.06. The van der Waals surface area contributed by atoms with Crippen LogP contribution in [0.15, 0.2) is 60.7 Å². The quantitative estimate of drug-likeness (QED) is 0.780. The molecule has 1 heterocycles. The number of ether oxygens (including phenoxy) is 1. The molecule has 0 radical (unpaired) electrons. The summed E-state index contributed by atoms with van der Waals surface area (Å²) in [7, 11) is 1.65. The highest BCUT2D eigenvalue weighted by molar-refractivity contribution is 5.98. The Bertz CT molecular complexity index is 847. The molecule has 1 N–H and O–H groups in total. The Hall–Kier alpha value is -2.72. The predicted molar refractivity (Wildman–Crippen MR) is 95.0 cm³/mol. The van der Waals surface area contributed by atoms with Crippen molar-refractivity contribution >= 4 is 16.8 Å². The molecule has 4 heteroatoms. The fourth-order valence-corrected chi connectivity index (χ4v) is 2.73. The maximum absolute atomic E-state index is 12.6. The molecule has 0 spiro atoms. The van der Waals surface area contributed by atoms with Crippen LogP contribution < -0.4 is 5.32 Å². The van der Waals surface area contributed by atoms with E-state index in [0.717, 1.165) is 22.2 Å². The predicted octanol–water partition coefficient (Wildman–Crippen LogP) is 3.66. The highest BCUT2D eigenvalue weighted by Gasteiger charge is 2.15. The third kappa shape index (κ3) is 3.44. The molecule has 1 aromatic heterocycles. The lowest BCUT2D eigenvalue weighted by molar-refractivity contribution is 0.0827. The summed E-state index contributed by atoms with van der Waals surface area (Å²) in [5.41, 5.74) is 3.25. The molecule has 3 aromatic rings. The van der Waals surface area contributed by atoms with Crippen molar-refractivity contribution in [3.63, 3.8) is 0 Å². The number of aryl methyl sites for hydroxylation is 1. The van der Waals surface area contributed by atoms with Crippen LogP contribution in [0.25, 0.3) is 10.9 Å². The number of fused-ring (bicyclic) bond motifs is 1. The Kier molecular flexibility index (Phi) is 4.87. The van der Waals surface area contributed by atoms with Gasteiger partial charge in [-0.1, -0.05) is 48.5 Å². The summed E-state index contributed by atoms with van der Waals surface area (Å²) in [4.78, 5) is 17.1. The van der Waals surface area contributed by atoms with E-state index in [1.165, 1.54) is 0 Å². The van der Waals surface area contributed by atoms with E-state index in [1.807, 2.05) is 67.6 Å². The highest BCUT2D eigenvalue weighted by Crippen LogP contribution is 2.18. The molecule has 2 aromatic carbocycles. The number of pyridine rings is 1. The van der Waals surface area contributed by atoms with Gasteiger partial charge in [0.25, 0.3) is 5.91 Å². The molecular weight excluding hydrogens is 300 g/mol. The Labute approximate surface area is 141 Å². The van der Waals surface area contributed by atoms with Crippen molar-refractivity contribution in [1.82, 2.24) is 10.3 Å². The van der Waals surface area contributed by atoms with Gasteiger partial charge in [-0.2, -0.15) is 0 Å². The molecule has 1 atom stereocenters. The maximum atomic E-state index is 12.6. The number of hydrogen-bond donors (Lipinski definition) is 1. The van der Waals surface area contributed by atoms with Crippen molar-refractivity contribution in [2.24, 2.45) is 0 Å². The summed E-state index contributed by atoms with van der Waals surface area (Å²) < 4.78 is 5.49. The minimum atomic E-state index is -0.177. The van der Waals surface area contributed by atoms with E-state index in [0.29, 0.717) is 12.1 Å². The van der Waals surface area contributed by atoms with Crippen LogP contribution in [-0.4, -0.2) is 24.5 Å². The summed E-state index contributed by atoms with van der Waals surface area (Å²) in [5, 5.41) is 3.91. The van der Waals surface area contributed by atoms with E-state index < -0.39 is 0 Å². The SMILES string of the molecule is COC(CNC(=O)c1cc2ccccc2nc1C)c1ccccc1. The van der Waals surface area contributed by atoms with Crippen LogP contribution in [0.5, 0.6) is 0 Å². The minimum Gasteiger partial charge on any atom is -0.375 e. The second-order valence-electron chi connectivity index (χ2n) is 5.66. The molecule has 0 saturated heterocycles. The molecule has 1 unspecified atom stereocenters. The van der Waals surface area contributed by atoms with E-state index in [-0.39, 0.29) is 12.0 Å². The van der Waals surface area contributed by atoms with Crippen LogP contribution in [0, 0.1) is 6.92 Å². The zero-order chi connectivity index (χ0) is 16.9. The first-order valence-corrected chi connectivity index (χ1v) is 7.91. The summed E-state index contributed by atoms with van der Waals surface area (Å²) in [6.45, 7) is 2.26. The first-order chi connectivity index (χ1) is 11.7. The van der Waals surface area contributed by atoms with Gasteiger partial charge in [-0.25, -0.2) is 0 Å². The topological polar surface area (TPSA) is 51.2 Å². The lowest BCUT2D eigenvalue weighted by Gasteiger charge is -2.17. The van der Waals surface area contributed by atoms with E-state index in [4.69, 9.17) is 4.74 Å². The van der Waals surface area contributed by atoms with E-state index in [2.05, 4.69) is 10.3 Å². The average molecular weight is 320 g/mol. The van der Waals surface area contributed by atoms with Crippen LogP contribution in [0.3, 0.4) is 0 Å². The maximum Gasteiger partial charge on any atom is 0.253 e. The first kappa shape index (κ1) is 16.1. The van der Waals surface area contributed by atoms with Gasteiger partial charge in [-0.15, -0.1) is 0 Å². The molecule has 0 saturated carbocycles. The third-order valence-electron chi connectivity index (χ3n) is 4.06. The van der Waals surface area contributed by atoms with Crippen LogP contribution in [0.1, 0.15) is 27.7 Å². The van der Waals surface area contributed by atoms with Crippen LogP contribution in [0.2, 0.25) is 0 Å². The fourth-order valence-electron chi connectivity index (χ4n) is 2.73. The molecule has 0 bridgehead atoms. The van der Waals surface area contributed by atoms with Crippen LogP contribution >= 0.6 is 0 Å². The van der Waals surface area contributed by atoms with Gasteiger partial charge in [0.15, 0.2) is 0 Å². The van der Waals surface area contributed by atoms with Gasteiger partial charge in [0, 0.05) is 19.0 Å². The smallest absolute Gasteiger partial charge is 0.253 e. The molecule has 0 aliphatic heterocycles. The number of aromatic nitrogens is 1. The number of methoxy groups -OCH3 is 1. The second kappa shape index (κ2) is 7.23. The van der Waals surface area contributed by atoms with Gasteiger partial charge in [0.05, 0.1) is 22.9 Å². The summed E-state index contributed by atoms with van der Waals surface area (Å²) in [5.74, 6) is -0.135. The number of amides is 1. The Balaban J connectivity index is 1.76. The van der Waals surface area contributed by atoms with E-state index in [9.17, 15) is 4.79 Å². The van der Waals surface area contributed by atoms with Crippen molar-refractivity contribution in [1.29, 1.82) is 0 Å². The molecule has 0 aliphatic carbocycles. The number of carbonyl (C=O) groups excluding carboxylic acids is 1. The molecule has 0 aliphatic rings. The number of nitrogens with one attached hydrogen (secondary N) is 1. The first-order valence-electron chi connectivity index (χ1n) is 7.91. The molecule has 122 valence electrons. The highest BCUT2D eigenvalue weighted by atomic mass is 16.5. The average Bonchev–Trinajstić information content (AvgIpc) is 2.62. The van der Waals surface area contributed by atoms with Gasteiger partial charge in [-0.3, -0.25) is 9.78 Å². The zero-order valence-electron chi connectivity index (χ0n) is 13.8. The number of benzene rings is 2. The fraction of sp³-hybridized carbons (Fsp3) is 0.200. The summed E-state index contributed by atoms with van der Waals surface area (Å²) >= 11 is 0. The number of hydrogen-bond acceptors (Lipinski definition) is 3. The van der Waals surface area contributed by atoms with Gasteiger partial charge in [0.2, 0.25) is 0 Å². The van der Waals surface area contributed by atoms with Gasteiger partial charge < -0.3 is 10.1 Å². The van der Waals surface area contributed by atoms with E-state index in [1.54, 1.807) is 7.11 Å². The monoisotopic (exact) mass is 320 g/mol. The zero-order valence-corrected chi connectivity index (χ0v) is 13.8. The van der Waals surface area contributed by atoms with Crippen LogP contribution in [-0.2, 0) is 4.74 Å².